The van der Waals surface area contributed by atoms with Gasteiger partial charge in [-0.2, -0.15) is 17.5 Å². The molecule has 1 N–H and O–H groups in total. The lowest BCUT2D eigenvalue weighted by Gasteiger charge is -2.25. The Balaban J connectivity index is 1.52. The standard InChI is InChI=1S/C22H20F3N3O2S/c1-15-5-7-19(8-6-15)31(29,30)28-11-9-16(10-12-28)21-26-14-20(27-21)17-3-2-4-18(13-17)22(23,24)25/h2-9,13-14H,10-12H2,1H3,(H,26,27). The molecule has 0 spiro atoms. The number of halogens is 3. The number of imidazole rings is 1. The van der Waals surface area contributed by atoms with Gasteiger partial charge in [-0.3, -0.25) is 0 Å². The fourth-order valence-electron chi connectivity index (χ4n) is 3.44. The fourth-order valence-corrected chi connectivity index (χ4v) is 4.82. The number of rotatable bonds is 4. The predicted molar refractivity (Wildman–Crippen MR) is 112 cm³/mol. The van der Waals surface area contributed by atoms with E-state index < -0.39 is 21.8 Å². The number of sulfonamides is 1. The predicted octanol–water partition coefficient (Wildman–Crippen LogP) is 4.88. The smallest absolute Gasteiger partial charge is 0.338 e. The molecule has 162 valence electrons. The zero-order valence-electron chi connectivity index (χ0n) is 16.6. The maximum absolute atomic E-state index is 13.0. The van der Waals surface area contributed by atoms with E-state index in [2.05, 4.69) is 9.97 Å². The molecule has 4 rings (SSSR count). The van der Waals surface area contributed by atoms with Crippen molar-refractivity contribution in [3.05, 3.63) is 77.8 Å². The van der Waals surface area contributed by atoms with Crippen molar-refractivity contribution < 1.29 is 21.6 Å². The number of H-pyrrole nitrogens is 1. The lowest BCUT2D eigenvalue weighted by atomic mass is 10.1. The van der Waals surface area contributed by atoms with Crippen molar-refractivity contribution >= 4 is 15.6 Å². The molecule has 0 saturated heterocycles. The Hall–Kier alpha value is -2.91. The van der Waals surface area contributed by atoms with Crippen LogP contribution < -0.4 is 0 Å². The van der Waals surface area contributed by atoms with Crippen LogP contribution in [-0.2, 0) is 16.2 Å². The molecule has 1 aliphatic heterocycles. The highest BCUT2D eigenvalue weighted by atomic mass is 32.2. The second-order valence-electron chi connectivity index (χ2n) is 7.38. The molecule has 1 aromatic heterocycles. The molecule has 0 unspecified atom stereocenters. The Labute approximate surface area is 178 Å². The molecule has 0 fully saturated rings. The molecular formula is C22H20F3N3O2S. The van der Waals surface area contributed by atoms with Crippen LogP contribution in [0, 0.1) is 6.92 Å². The van der Waals surface area contributed by atoms with Gasteiger partial charge >= 0.3 is 6.18 Å². The number of aryl methyl sites for hydroxylation is 1. The highest BCUT2D eigenvalue weighted by Crippen LogP contribution is 2.32. The molecule has 0 radical (unpaired) electrons. The van der Waals surface area contributed by atoms with E-state index >= 15 is 0 Å². The fraction of sp³-hybridized carbons (Fsp3) is 0.227. The number of hydrogen-bond acceptors (Lipinski definition) is 3. The average Bonchev–Trinajstić information content (AvgIpc) is 3.24. The second kappa shape index (κ2) is 7.97. The molecule has 0 atom stereocenters. The van der Waals surface area contributed by atoms with Gasteiger partial charge in [-0.25, -0.2) is 13.4 Å². The van der Waals surface area contributed by atoms with Gasteiger partial charge in [0.1, 0.15) is 5.82 Å². The van der Waals surface area contributed by atoms with E-state index in [1.54, 1.807) is 36.4 Å². The highest BCUT2D eigenvalue weighted by molar-refractivity contribution is 7.89. The third-order valence-corrected chi connectivity index (χ3v) is 7.09. The van der Waals surface area contributed by atoms with E-state index in [1.807, 2.05) is 6.92 Å². The number of aromatic nitrogens is 2. The molecule has 2 heterocycles. The maximum atomic E-state index is 13.0. The molecular weight excluding hydrogens is 427 g/mol. The molecule has 0 saturated carbocycles. The van der Waals surface area contributed by atoms with Crippen LogP contribution in [-0.4, -0.2) is 35.8 Å². The molecule has 9 heteroatoms. The minimum Gasteiger partial charge on any atom is -0.338 e. The third-order valence-electron chi connectivity index (χ3n) is 5.21. The molecule has 0 bridgehead atoms. The van der Waals surface area contributed by atoms with Crippen LogP contribution in [0.2, 0.25) is 0 Å². The Morgan fingerprint density at radius 3 is 2.48 bits per heavy atom. The molecule has 0 aliphatic carbocycles. The average molecular weight is 447 g/mol. The van der Waals surface area contributed by atoms with Gasteiger partial charge in [-0.15, -0.1) is 0 Å². The second-order valence-corrected chi connectivity index (χ2v) is 9.32. The van der Waals surface area contributed by atoms with Gasteiger partial charge in [-0.05, 0) is 43.2 Å². The van der Waals surface area contributed by atoms with Crippen molar-refractivity contribution in [1.29, 1.82) is 0 Å². The summed E-state index contributed by atoms with van der Waals surface area (Å²) >= 11 is 0. The summed E-state index contributed by atoms with van der Waals surface area (Å²) < 4.78 is 65.9. The van der Waals surface area contributed by atoms with Gasteiger partial charge in [0, 0.05) is 18.7 Å². The zero-order valence-corrected chi connectivity index (χ0v) is 17.5. The van der Waals surface area contributed by atoms with Gasteiger partial charge < -0.3 is 4.98 Å². The number of benzene rings is 2. The largest absolute Gasteiger partial charge is 0.416 e. The van der Waals surface area contributed by atoms with Gasteiger partial charge in [0.05, 0.1) is 22.3 Å². The monoisotopic (exact) mass is 447 g/mol. The van der Waals surface area contributed by atoms with E-state index in [9.17, 15) is 21.6 Å². The summed E-state index contributed by atoms with van der Waals surface area (Å²) in [6.07, 6.45) is -0.705. The number of nitrogens with one attached hydrogen (secondary N) is 1. The van der Waals surface area contributed by atoms with E-state index in [1.165, 1.54) is 16.6 Å². The molecule has 1 aliphatic rings. The Bertz CT molecular complexity index is 1230. The first-order valence-electron chi connectivity index (χ1n) is 9.63. The number of alkyl halides is 3. The first-order chi connectivity index (χ1) is 14.6. The minimum absolute atomic E-state index is 0.200. The summed E-state index contributed by atoms with van der Waals surface area (Å²) in [6.45, 7) is 2.38. The first-order valence-corrected chi connectivity index (χ1v) is 11.1. The van der Waals surface area contributed by atoms with Crippen molar-refractivity contribution in [2.75, 3.05) is 13.1 Å². The first kappa shape index (κ1) is 21.3. The van der Waals surface area contributed by atoms with Crippen molar-refractivity contribution in [3.63, 3.8) is 0 Å². The van der Waals surface area contributed by atoms with Gasteiger partial charge in [-0.1, -0.05) is 35.9 Å². The van der Waals surface area contributed by atoms with E-state index in [0.717, 1.165) is 23.3 Å². The summed E-state index contributed by atoms with van der Waals surface area (Å²) in [5.74, 6) is 0.528. The molecule has 3 aromatic rings. The van der Waals surface area contributed by atoms with E-state index in [-0.39, 0.29) is 11.4 Å². The quantitative estimate of drug-likeness (QED) is 0.620. The van der Waals surface area contributed by atoms with Crippen molar-refractivity contribution in [2.24, 2.45) is 0 Å². The van der Waals surface area contributed by atoms with E-state index in [0.29, 0.717) is 30.0 Å². The van der Waals surface area contributed by atoms with Crippen LogP contribution in [0.4, 0.5) is 13.2 Å². The lowest BCUT2D eigenvalue weighted by molar-refractivity contribution is -0.137. The molecule has 2 aromatic carbocycles. The van der Waals surface area contributed by atoms with Crippen LogP contribution in [0.5, 0.6) is 0 Å². The topological polar surface area (TPSA) is 66.1 Å². The number of aromatic amines is 1. The Morgan fingerprint density at radius 2 is 1.84 bits per heavy atom. The summed E-state index contributed by atoms with van der Waals surface area (Å²) in [5.41, 5.74) is 1.93. The van der Waals surface area contributed by atoms with Crippen molar-refractivity contribution in [2.45, 2.75) is 24.4 Å². The summed E-state index contributed by atoms with van der Waals surface area (Å²) in [6, 6.07) is 11.7. The molecule has 5 nitrogen and oxygen atoms in total. The van der Waals surface area contributed by atoms with Crippen LogP contribution in [0.3, 0.4) is 0 Å². The Kier molecular flexibility index (Phi) is 5.49. The van der Waals surface area contributed by atoms with Crippen LogP contribution in [0.25, 0.3) is 16.8 Å². The molecule has 31 heavy (non-hydrogen) atoms. The number of nitrogens with zero attached hydrogens (tertiary/aromatic N) is 2. The van der Waals surface area contributed by atoms with Crippen molar-refractivity contribution in [1.82, 2.24) is 14.3 Å². The Morgan fingerprint density at radius 1 is 1.10 bits per heavy atom. The van der Waals surface area contributed by atoms with Gasteiger partial charge in [0.25, 0.3) is 0 Å². The summed E-state index contributed by atoms with van der Waals surface area (Å²) in [4.78, 5) is 7.59. The van der Waals surface area contributed by atoms with Crippen LogP contribution in [0.1, 0.15) is 23.4 Å². The normalized spacial score (nSPS) is 15.7. The van der Waals surface area contributed by atoms with Gasteiger partial charge in [0.15, 0.2) is 0 Å². The highest BCUT2D eigenvalue weighted by Gasteiger charge is 2.31. The van der Waals surface area contributed by atoms with Crippen molar-refractivity contribution in [3.8, 4) is 11.3 Å². The minimum atomic E-state index is -4.42. The maximum Gasteiger partial charge on any atom is 0.416 e. The van der Waals surface area contributed by atoms with Crippen LogP contribution in [0.15, 0.2) is 65.7 Å². The van der Waals surface area contributed by atoms with E-state index in [4.69, 9.17) is 0 Å². The van der Waals surface area contributed by atoms with Gasteiger partial charge in [0.2, 0.25) is 10.0 Å². The third kappa shape index (κ3) is 4.42. The zero-order chi connectivity index (χ0) is 22.2. The summed E-state index contributed by atoms with van der Waals surface area (Å²) in [7, 11) is -3.59. The van der Waals surface area contributed by atoms with Crippen LogP contribution >= 0.6 is 0 Å². The SMILES string of the molecule is Cc1ccc(S(=O)(=O)N2CC=C(c3ncc(-c4cccc(C(F)(F)F)c4)[nH]3)CC2)cc1. The number of hydrogen-bond donors (Lipinski definition) is 1. The lowest BCUT2D eigenvalue weighted by Crippen LogP contribution is -2.34. The summed E-state index contributed by atoms with van der Waals surface area (Å²) in [5, 5.41) is 0. The molecule has 0 amide bonds.